The van der Waals surface area contributed by atoms with Gasteiger partial charge in [-0.3, -0.25) is 10.9 Å². The summed E-state index contributed by atoms with van der Waals surface area (Å²) in [5, 5.41) is 0. The molecule has 10 heavy (non-hydrogen) atoms. The molecule has 0 aliphatic rings. The molecule has 0 aliphatic heterocycles. The van der Waals surface area contributed by atoms with Crippen LogP contribution in [0.25, 0.3) is 0 Å². The molecular formula is C6H18Cl2N2. The number of nitrogens with one attached hydrogen (secondary N) is 2. The van der Waals surface area contributed by atoms with Crippen LogP contribution in [0.3, 0.4) is 0 Å². The summed E-state index contributed by atoms with van der Waals surface area (Å²) in [6, 6.07) is 0. The molecule has 0 saturated carbocycles. The Morgan fingerprint density at radius 3 is 1.30 bits per heavy atom. The summed E-state index contributed by atoms with van der Waals surface area (Å²) in [7, 11) is 0. The van der Waals surface area contributed by atoms with Crippen LogP contribution in [0, 0.1) is 0 Å². The van der Waals surface area contributed by atoms with E-state index in [-0.39, 0.29) is 24.8 Å². The van der Waals surface area contributed by atoms with Gasteiger partial charge in [0.05, 0.1) is 0 Å². The molecule has 0 aromatic heterocycles. The third kappa shape index (κ3) is 15.8. The molecule has 0 atom stereocenters. The molecule has 0 bridgehead atoms. The molecule has 0 fully saturated rings. The van der Waals surface area contributed by atoms with Gasteiger partial charge in [-0.1, -0.05) is 13.8 Å². The summed E-state index contributed by atoms with van der Waals surface area (Å²) < 4.78 is 0. The number of hydrazine groups is 1. The number of rotatable bonds is 5. The summed E-state index contributed by atoms with van der Waals surface area (Å²) in [6.07, 6.45) is 2.38. The average Bonchev–Trinajstić information content (AvgIpc) is 1.81. The SMILES string of the molecule is CCCNNCCC.Cl.Cl. The highest BCUT2D eigenvalue weighted by Gasteiger charge is 1.78. The van der Waals surface area contributed by atoms with Crippen molar-refractivity contribution in [2.24, 2.45) is 0 Å². The van der Waals surface area contributed by atoms with E-state index < -0.39 is 0 Å². The number of hydrogen-bond acceptors (Lipinski definition) is 2. The molecule has 0 amide bonds. The predicted molar refractivity (Wildman–Crippen MR) is 51.1 cm³/mol. The van der Waals surface area contributed by atoms with E-state index in [1.807, 2.05) is 0 Å². The first-order valence-electron chi connectivity index (χ1n) is 3.37. The van der Waals surface area contributed by atoms with Gasteiger partial charge in [-0.15, -0.1) is 24.8 Å². The molecule has 0 heterocycles. The van der Waals surface area contributed by atoms with Crippen LogP contribution in [0.2, 0.25) is 0 Å². The van der Waals surface area contributed by atoms with Gasteiger partial charge in [-0.25, -0.2) is 0 Å². The highest BCUT2D eigenvalue weighted by molar-refractivity contribution is 5.85. The highest BCUT2D eigenvalue weighted by atomic mass is 35.5. The monoisotopic (exact) mass is 188 g/mol. The minimum absolute atomic E-state index is 0. The molecule has 4 heteroatoms. The lowest BCUT2D eigenvalue weighted by molar-refractivity contribution is 0.527. The molecule has 0 unspecified atom stereocenters. The van der Waals surface area contributed by atoms with E-state index in [2.05, 4.69) is 24.7 Å². The van der Waals surface area contributed by atoms with E-state index in [9.17, 15) is 0 Å². The van der Waals surface area contributed by atoms with Crippen molar-refractivity contribution in [3.63, 3.8) is 0 Å². The van der Waals surface area contributed by atoms with Crippen molar-refractivity contribution in [3.05, 3.63) is 0 Å². The number of hydrogen-bond donors (Lipinski definition) is 2. The molecular weight excluding hydrogens is 171 g/mol. The fraction of sp³-hybridized carbons (Fsp3) is 1.00. The summed E-state index contributed by atoms with van der Waals surface area (Å²) in [5.41, 5.74) is 6.17. The molecule has 0 radical (unpaired) electrons. The van der Waals surface area contributed by atoms with E-state index in [1.54, 1.807) is 0 Å². The van der Waals surface area contributed by atoms with E-state index >= 15 is 0 Å². The van der Waals surface area contributed by atoms with Gasteiger partial charge in [-0.05, 0) is 12.8 Å². The molecule has 0 saturated heterocycles. The third-order valence-electron chi connectivity index (χ3n) is 0.875. The second kappa shape index (κ2) is 16.2. The van der Waals surface area contributed by atoms with Crippen LogP contribution in [-0.4, -0.2) is 13.1 Å². The van der Waals surface area contributed by atoms with Gasteiger partial charge < -0.3 is 0 Å². The Bertz CT molecular complexity index is 38.7. The Balaban J connectivity index is -0.000000245. The lowest BCUT2D eigenvalue weighted by atomic mass is 10.5. The molecule has 66 valence electrons. The van der Waals surface area contributed by atoms with E-state index in [4.69, 9.17) is 0 Å². The van der Waals surface area contributed by atoms with Gasteiger partial charge in [0.2, 0.25) is 0 Å². The minimum atomic E-state index is 0. The maximum absolute atomic E-state index is 3.09. The Kier molecular flexibility index (Phi) is 27.4. The predicted octanol–water partition coefficient (Wildman–Crippen LogP) is 1.74. The van der Waals surface area contributed by atoms with Gasteiger partial charge in [0, 0.05) is 13.1 Å². The minimum Gasteiger partial charge on any atom is -0.258 e. The molecule has 0 aromatic rings. The molecule has 2 N–H and O–H groups in total. The van der Waals surface area contributed by atoms with Crippen molar-refractivity contribution in [1.29, 1.82) is 0 Å². The Morgan fingerprint density at radius 2 is 1.10 bits per heavy atom. The van der Waals surface area contributed by atoms with Gasteiger partial charge in [0.15, 0.2) is 0 Å². The van der Waals surface area contributed by atoms with Crippen molar-refractivity contribution in [1.82, 2.24) is 10.9 Å². The van der Waals surface area contributed by atoms with E-state index in [0.717, 1.165) is 13.1 Å². The second-order valence-corrected chi connectivity index (χ2v) is 1.85. The van der Waals surface area contributed by atoms with E-state index in [0.29, 0.717) is 0 Å². The highest BCUT2D eigenvalue weighted by Crippen LogP contribution is 1.67. The molecule has 0 rings (SSSR count). The fourth-order valence-electron chi connectivity index (χ4n) is 0.427. The quantitative estimate of drug-likeness (QED) is 0.508. The van der Waals surface area contributed by atoms with Gasteiger partial charge >= 0.3 is 0 Å². The standard InChI is InChI=1S/C6H16N2.2ClH/c1-3-5-7-8-6-4-2;;/h7-8H,3-6H2,1-2H3;2*1H. The molecule has 0 spiro atoms. The first-order valence-corrected chi connectivity index (χ1v) is 3.37. The molecule has 2 nitrogen and oxygen atoms in total. The Morgan fingerprint density at radius 1 is 0.800 bits per heavy atom. The zero-order valence-electron chi connectivity index (χ0n) is 6.64. The van der Waals surface area contributed by atoms with Crippen molar-refractivity contribution >= 4 is 24.8 Å². The summed E-state index contributed by atoms with van der Waals surface area (Å²) >= 11 is 0. The van der Waals surface area contributed by atoms with Crippen LogP contribution in [0.15, 0.2) is 0 Å². The third-order valence-corrected chi connectivity index (χ3v) is 0.875. The van der Waals surface area contributed by atoms with Crippen LogP contribution < -0.4 is 10.9 Å². The maximum atomic E-state index is 3.09. The van der Waals surface area contributed by atoms with Crippen molar-refractivity contribution in [2.75, 3.05) is 13.1 Å². The Labute approximate surface area is 75.9 Å². The molecule has 0 aliphatic carbocycles. The van der Waals surface area contributed by atoms with Crippen molar-refractivity contribution in [3.8, 4) is 0 Å². The topological polar surface area (TPSA) is 24.1 Å². The summed E-state index contributed by atoms with van der Waals surface area (Å²) in [6.45, 7) is 6.45. The van der Waals surface area contributed by atoms with Crippen LogP contribution in [-0.2, 0) is 0 Å². The lowest BCUT2D eigenvalue weighted by Crippen LogP contribution is -2.32. The van der Waals surface area contributed by atoms with Crippen LogP contribution in [0.4, 0.5) is 0 Å². The van der Waals surface area contributed by atoms with Gasteiger partial charge in [0.1, 0.15) is 0 Å². The zero-order valence-corrected chi connectivity index (χ0v) is 8.28. The van der Waals surface area contributed by atoms with E-state index in [1.165, 1.54) is 12.8 Å². The fourth-order valence-corrected chi connectivity index (χ4v) is 0.427. The lowest BCUT2D eigenvalue weighted by Gasteiger charge is -2.01. The first kappa shape index (κ1) is 16.8. The average molecular weight is 189 g/mol. The maximum Gasteiger partial charge on any atom is 0.00971 e. The first-order chi connectivity index (χ1) is 3.91. The normalized spacial score (nSPS) is 7.80. The molecule has 0 aromatic carbocycles. The summed E-state index contributed by atoms with van der Waals surface area (Å²) in [5.74, 6) is 0. The van der Waals surface area contributed by atoms with Crippen molar-refractivity contribution in [2.45, 2.75) is 26.7 Å². The second-order valence-electron chi connectivity index (χ2n) is 1.85. The number of halogens is 2. The summed E-state index contributed by atoms with van der Waals surface area (Å²) in [4.78, 5) is 0. The Hall–Kier alpha value is 0.500. The van der Waals surface area contributed by atoms with Crippen LogP contribution in [0.1, 0.15) is 26.7 Å². The van der Waals surface area contributed by atoms with Crippen LogP contribution >= 0.6 is 24.8 Å². The van der Waals surface area contributed by atoms with Gasteiger partial charge in [-0.2, -0.15) is 0 Å². The smallest absolute Gasteiger partial charge is 0.00971 e. The van der Waals surface area contributed by atoms with Gasteiger partial charge in [0.25, 0.3) is 0 Å². The zero-order chi connectivity index (χ0) is 6.24. The van der Waals surface area contributed by atoms with Crippen LogP contribution in [0.5, 0.6) is 0 Å². The largest absolute Gasteiger partial charge is 0.258 e. The van der Waals surface area contributed by atoms with Crippen molar-refractivity contribution < 1.29 is 0 Å².